The quantitative estimate of drug-likeness (QED) is 0.0211. The number of rotatable bonds is 68. The van der Waals surface area contributed by atoms with E-state index < -0.39 is 26.5 Å². The van der Waals surface area contributed by atoms with Gasteiger partial charge in [0.2, 0.25) is 0 Å². The molecule has 0 aromatic rings. The molecule has 0 rings (SSSR count). The third-order valence-electron chi connectivity index (χ3n) is 16.5. The molecule has 2 atom stereocenters. The smallest absolute Gasteiger partial charge is 0.462 e. The van der Waals surface area contributed by atoms with Gasteiger partial charge in [0, 0.05) is 12.8 Å². The van der Waals surface area contributed by atoms with Crippen LogP contribution in [0, 0.1) is 0 Å². The lowest BCUT2D eigenvalue weighted by molar-refractivity contribution is -0.870. The van der Waals surface area contributed by atoms with Crippen molar-refractivity contribution in [2.24, 2.45) is 0 Å². The summed E-state index contributed by atoms with van der Waals surface area (Å²) in [4.78, 5) is 35.9. The van der Waals surface area contributed by atoms with Crippen molar-refractivity contribution in [3.63, 3.8) is 0 Å². The fraction of sp³-hybridized carbons (Fsp3) is 0.944. The molecule has 0 aromatic heterocycles. The highest BCUT2D eigenvalue weighted by atomic mass is 31.2. The zero-order valence-electron chi connectivity index (χ0n) is 55.1. The number of carbonyl (C=O) groups excluding carboxylic acids is 2. The van der Waals surface area contributed by atoms with Crippen LogP contribution in [0.5, 0.6) is 0 Å². The fourth-order valence-electron chi connectivity index (χ4n) is 11.0. The second kappa shape index (κ2) is 63.3. The van der Waals surface area contributed by atoms with Crippen LogP contribution in [0.3, 0.4) is 0 Å². The average molecular weight is 1170 g/mol. The van der Waals surface area contributed by atoms with Gasteiger partial charge in [0.15, 0.2) is 6.10 Å². The lowest BCUT2D eigenvalue weighted by atomic mass is 10.0. The molecule has 0 bridgehead atoms. The predicted molar refractivity (Wildman–Crippen MR) is 349 cm³/mol. The van der Waals surface area contributed by atoms with Crippen LogP contribution in [0.2, 0.25) is 0 Å². The Morgan fingerprint density at radius 3 is 0.914 bits per heavy atom. The third-order valence-corrected chi connectivity index (χ3v) is 17.5. The number of phosphoric ester groups is 1. The third kappa shape index (κ3) is 67.7. The second-order valence-corrected chi connectivity index (χ2v) is 27.4. The number of allylic oxidation sites excluding steroid dienone is 2. The van der Waals surface area contributed by atoms with E-state index in [9.17, 15) is 19.0 Å². The molecule has 9 nitrogen and oxygen atoms in total. The highest BCUT2D eigenvalue weighted by molar-refractivity contribution is 7.47. The van der Waals surface area contributed by atoms with Gasteiger partial charge in [-0.3, -0.25) is 18.6 Å². The number of esters is 2. The molecule has 1 N–H and O–H groups in total. The van der Waals surface area contributed by atoms with Gasteiger partial charge >= 0.3 is 19.8 Å². The van der Waals surface area contributed by atoms with Gasteiger partial charge in [0.1, 0.15) is 19.8 Å². The Kier molecular flexibility index (Phi) is 62.3. The van der Waals surface area contributed by atoms with Crippen molar-refractivity contribution in [3.05, 3.63) is 12.2 Å². The summed E-state index contributed by atoms with van der Waals surface area (Å²) in [5.41, 5.74) is 0. The first-order valence-corrected chi connectivity index (χ1v) is 37.4. The summed E-state index contributed by atoms with van der Waals surface area (Å²) in [5.74, 6) is -0.770. The maximum absolute atomic E-state index is 12.9. The Morgan fingerprint density at radius 1 is 0.370 bits per heavy atom. The van der Waals surface area contributed by atoms with Gasteiger partial charge in [-0.05, 0) is 38.5 Å². The highest BCUT2D eigenvalue weighted by Gasteiger charge is 2.27. The monoisotopic (exact) mass is 1170 g/mol. The van der Waals surface area contributed by atoms with Crippen LogP contribution >= 0.6 is 7.82 Å². The summed E-state index contributed by atoms with van der Waals surface area (Å²) >= 11 is 0. The molecule has 2 unspecified atom stereocenters. The SMILES string of the molecule is CCCCCCCCCC/C=C\CCCCCCCCCCCCCCCCCCCCCCCCCC(=O)OC(COC(=O)CCCCCCCCCCCCCCCCCCCCCCCC)COP(=O)(O)OCC[N+](C)(C)C. The molecule has 0 fully saturated rings. The molecule has 0 aromatic carbocycles. The first kappa shape index (κ1) is 79.8. The van der Waals surface area contributed by atoms with Gasteiger partial charge in [-0.2, -0.15) is 0 Å². The maximum Gasteiger partial charge on any atom is 0.472 e. The summed E-state index contributed by atoms with van der Waals surface area (Å²) < 4.78 is 34.7. The number of phosphoric acid groups is 1. The molecule has 0 heterocycles. The van der Waals surface area contributed by atoms with Crippen molar-refractivity contribution < 1.29 is 42.1 Å². The molecular formula is C71H141NO8P+. The lowest BCUT2D eigenvalue weighted by Crippen LogP contribution is -2.37. The number of carbonyl (C=O) groups is 2. The summed E-state index contributed by atoms with van der Waals surface area (Å²) in [7, 11) is 1.50. The lowest BCUT2D eigenvalue weighted by Gasteiger charge is -2.24. The van der Waals surface area contributed by atoms with Crippen molar-refractivity contribution in [2.45, 2.75) is 386 Å². The van der Waals surface area contributed by atoms with Crippen LogP contribution in [-0.2, 0) is 32.7 Å². The summed E-state index contributed by atoms with van der Waals surface area (Å²) in [6.07, 6.45) is 77.6. The van der Waals surface area contributed by atoms with Crippen LogP contribution in [0.25, 0.3) is 0 Å². The van der Waals surface area contributed by atoms with Gasteiger partial charge in [-0.15, -0.1) is 0 Å². The van der Waals surface area contributed by atoms with E-state index in [0.29, 0.717) is 17.4 Å². The van der Waals surface area contributed by atoms with E-state index in [-0.39, 0.29) is 25.6 Å². The zero-order valence-corrected chi connectivity index (χ0v) is 56.0. The minimum absolute atomic E-state index is 0.0369. The fourth-order valence-corrected chi connectivity index (χ4v) is 11.8. The Hall–Kier alpha value is -1.25. The molecule has 0 saturated heterocycles. The van der Waals surface area contributed by atoms with Crippen LogP contribution in [-0.4, -0.2) is 74.9 Å². The standard InChI is InChI=1S/C71H140NO8P/c1-6-8-10-12-14-16-18-20-22-24-26-28-30-31-32-33-34-35-36-37-38-39-40-41-42-44-46-48-50-52-54-56-58-60-62-64-71(74)80-69(68-79-81(75,76)78-66-65-72(3,4)5)67-77-70(73)63-61-59-57-55-53-51-49-47-45-43-29-27-25-23-21-19-17-15-13-11-9-7-2/h24,26,69H,6-23,25,27-68H2,1-5H3/p+1/b26-24-. The van der Waals surface area contributed by atoms with E-state index in [1.54, 1.807) is 0 Å². The molecular weight excluding hydrogens is 1030 g/mol. The van der Waals surface area contributed by atoms with Gasteiger partial charge in [-0.1, -0.05) is 341 Å². The molecule has 0 spiro atoms. The minimum Gasteiger partial charge on any atom is -0.462 e. The number of hydrogen-bond acceptors (Lipinski definition) is 7. The Labute approximate surface area is 505 Å². The average Bonchev–Trinajstić information content (AvgIpc) is 3.43. The molecule has 0 saturated carbocycles. The molecule has 0 aliphatic heterocycles. The van der Waals surface area contributed by atoms with Crippen LogP contribution in [0.1, 0.15) is 380 Å². The molecule has 81 heavy (non-hydrogen) atoms. The van der Waals surface area contributed by atoms with Gasteiger partial charge < -0.3 is 18.9 Å². The maximum atomic E-state index is 12.9. The Bertz CT molecular complexity index is 1370. The minimum atomic E-state index is -4.38. The van der Waals surface area contributed by atoms with Crippen molar-refractivity contribution >= 4 is 19.8 Å². The summed E-state index contributed by atoms with van der Waals surface area (Å²) in [5, 5.41) is 0. The second-order valence-electron chi connectivity index (χ2n) is 26.0. The number of quaternary nitrogens is 1. The van der Waals surface area contributed by atoms with Crippen molar-refractivity contribution in [1.29, 1.82) is 0 Å². The van der Waals surface area contributed by atoms with Crippen molar-refractivity contribution in [1.82, 2.24) is 0 Å². The van der Waals surface area contributed by atoms with Crippen molar-refractivity contribution in [2.75, 3.05) is 47.5 Å². The largest absolute Gasteiger partial charge is 0.472 e. The number of nitrogens with zero attached hydrogens (tertiary/aromatic N) is 1. The first-order chi connectivity index (χ1) is 39.5. The normalized spacial score (nSPS) is 13.1. The van der Waals surface area contributed by atoms with E-state index in [0.717, 1.165) is 38.5 Å². The number of likely N-dealkylation sites (N-methyl/N-ethyl adjacent to an activating group) is 1. The molecule has 0 radical (unpaired) electrons. The molecule has 0 amide bonds. The van der Waals surface area contributed by atoms with Crippen molar-refractivity contribution in [3.8, 4) is 0 Å². The first-order valence-electron chi connectivity index (χ1n) is 35.9. The van der Waals surface area contributed by atoms with Crippen LogP contribution in [0.15, 0.2) is 12.2 Å². The summed E-state index contributed by atoms with van der Waals surface area (Å²) in [6.45, 7) is 4.52. The number of ether oxygens (including phenoxy) is 2. The zero-order chi connectivity index (χ0) is 59.1. The van der Waals surface area contributed by atoms with E-state index in [1.165, 1.54) is 315 Å². The van der Waals surface area contributed by atoms with Gasteiger partial charge in [-0.25, -0.2) is 4.57 Å². The number of hydrogen-bond donors (Lipinski definition) is 1. The van der Waals surface area contributed by atoms with Gasteiger partial charge in [0.25, 0.3) is 0 Å². The van der Waals surface area contributed by atoms with E-state index in [2.05, 4.69) is 26.0 Å². The molecule has 10 heteroatoms. The van der Waals surface area contributed by atoms with E-state index in [1.807, 2.05) is 21.1 Å². The molecule has 482 valence electrons. The van der Waals surface area contributed by atoms with Crippen LogP contribution < -0.4 is 0 Å². The highest BCUT2D eigenvalue weighted by Crippen LogP contribution is 2.43. The Balaban J connectivity index is 3.93. The number of unbranched alkanes of at least 4 members (excludes halogenated alkanes) is 52. The Morgan fingerprint density at radius 2 is 0.630 bits per heavy atom. The van der Waals surface area contributed by atoms with Crippen LogP contribution in [0.4, 0.5) is 0 Å². The topological polar surface area (TPSA) is 108 Å². The predicted octanol–water partition coefficient (Wildman–Crippen LogP) is 23.1. The molecule has 0 aliphatic carbocycles. The van der Waals surface area contributed by atoms with E-state index >= 15 is 0 Å². The van der Waals surface area contributed by atoms with E-state index in [4.69, 9.17) is 18.5 Å². The molecule has 0 aliphatic rings. The van der Waals surface area contributed by atoms with Gasteiger partial charge in [0.05, 0.1) is 27.7 Å². The summed E-state index contributed by atoms with van der Waals surface area (Å²) in [6, 6.07) is 0.